The Labute approximate surface area is 142 Å². The lowest BCUT2D eigenvalue weighted by Crippen LogP contribution is -2.45. The summed E-state index contributed by atoms with van der Waals surface area (Å²) in [6.07, 6.45) is 0.668. The van der Waals surface area contributed by atoms with Crippen molar-refractivity contribution >= 4 is 14.3 Å². The third-order valence-corrected chi connectivity index (χ3v) is 9.10. The van der Waals surface area contributed by atoms with Crippen molar-refractivity contribution in [1.82, 2.24) is 0 Å². The summed E-state index contributed by atoms with van der Waals surface area (Å²) in [6, 6.07) is 0. The van der Waals surface area contributed by atoms with E-state index in [0.29, 0.717) is 19.6 Å². The molecule has 0 aromatic heterocycles. The van der Waals surface area contributed by atoms with Gasteiger partial charge in [-0.25, -0.2) is 0 Å². The second-order valence-corrected chi connectivity index (χ2v) is 13.0. The highest BCUT2D eigenvalue weighted by Gasteiger charge is 2.41. The first-order valence-corrected chi connectivity index (χ1v) is 11.4. The van der Waals surface area contributed by atoms with Gasteiger partial charge in [0.1, 0.15) is 0 Å². The topological polar surface area (TPSA) is 54.0 Å². The van der Waals surface area contributed by atoms with Crippen LogP contribution in [0.5, 0.6) is 0 Å². The Morgan fingerprint density at radius 2 is 1.96 bits per heavy atom. The molecule has 5 nitrogen and oxygen atoms in total. The molecule has 136 valence electrons. The van der Waals surface area contributed by atoms with Crippen LogP contribution in [0.3, 0.4) is 0 Å². The highest BCUT2D eigenvalue weighted by atomic mass is 28.4. The fourth-order valence-electron chi connectivity index (χ4n) is 2.34. The van der Waals surface area contributed by atoms with Crippen molar-refractivity contribution in [3.63, 3.8) is 0 Å². The number of esters is 1. The molecular weight excluding hydrogens is 312 g/mol. The SMILES string of the molecule is CCOC(=O)CC(C[C@H]1COC(C)(C)O1)O[Si](C)(C)C(C)(C)C. The maximum atomic E-state index is 11.9. The van der Waals surface area contributed by atoms with Crippen molar-refractivity contribution in [3.8, 4) is 0 Å². The molecule has 0 radical (unpaired) electrons. The zero-order chi connectivity index (χ0) is 17.9. The number of ether oxygens (including phenoxy) is 3. The van der Waals surface area contributed by atoms with Crippen molar-refractivity contribution in [3.05, 3.63) is 0 Å². The Morgan fingerprint density at radius 3 is 2.39 bits per heavy atom. The molecule has 0 spiro atoms. The second-order valence-electron chi connectivity index (χ2n) is 8.20. The summed E-state index contributed by atoms with van der Waals surface area (Å²) < 4.78 is 23.1. The summed E-state index contributed by atoms with van der Waals surface area (Å²) in [6.45, 7) is 17.5. The molecule has 0 amide bonds. The molecule has 1 saturated heterocycles. The van der Waals surface area contributed by atoms with Gasteiger partial charge in [-0.15, -0.1) is 0 Å². The van der Waals surface area contributed by atoms with Gasteiger partial charge in [-0.05, 0) is 38.9 Å². The van der Waals surface area contributed by atoms with Crippen LogP contribution in [-0.4, -0.2) is 45.5 Å². The van der Waals surface area contributed by atoms with Crippen LogP contribution < -0.4 is 0 Å². The second kappa shape index (κ2) is 7.63. The quantitative estimate of drug-likeness (QED) is 0.517. The predicted octanol–water partition coefficient (Wildman–Crippen LogP) is 3.87. The summed E-state index contributed by atoms with van der Waals surface area (Å²) >= 11 is 0. The van der Waals surface area contributed by atoms with Crippen molar-refractivity contribution in [2.24, 2.45) is 0 Å². The zero-order valence-corrected chi connectivity index (χ0v) is 17.0. The number of hydrogen-bond donors (Lipinski definition) is 0. The summed E-state index contributed by atoms with van der Waals surface area (Å²) in [5.41, 5.74) is 0. The molecule has 6 heteroatoms. The lowest BCUT2D eigenvalue weighted by molar-refractivity contribution is -0.147. The molecule has 1 heterocycles. The van der Waals surface area contributed by atoms with Gasteiger partial charge in [-0.1, -0.05) is 20.8 Å². The normalized spacial score (nSPS) is 22.9. The third-order valence-electron chi connectivity index (χ3n) is 4.56. The maximum absolute atomic E-state index is 11.9. The molecule has 1 fully saturated rings. The number of carbonyl (C=O) groups is 1. The maximum Gasteiger partial charge on any atom is 0.308 e. The Balaban J connectivity index is 2.75. The van der Waals surface area contributed by atoms with Gasteiger partial charge in [0.25, 0.3) is 0 Å². The molecule has 1 rings (SSSR count). The van der Waals surface area contributed by atoms with Crippen molar-refractivity contribution in [1.29, 1.82) is 0 Å². The van der Waals surface area contributed by atoms with E-state index in [9.17, 15) is 4.79 Å². The fourth-order valence-corrected chi connectivity index (χ4v) is 3.71. The van der Waals surface area contributed by atoms with E-state index in [1.165, 1.54) is 0 Å². The Kier molecular flexibility index (Phi) is 6.84. The number of rotatable bonds is 7. The van der Waals surface area contributed by atoms with Crippen molar-refractivity contribution in [2.75, 3.05) is 13.2 Å². The van der Waals surface area contributed by atoms with Crippen molar-refractivity contribution in [2.45, 2.75) is 90.5 Å². The van der Waals surface area contributed by atoms with E-state index in [2.05, 4.69) is 33.9 Å². The van der Waals surface area contributed by atoms with Gasteiger partial charge in [-0.3, -0.25) is 4.79 Å². The Hall–Kier alpha value is -0.433. The van der Waals surface area contributed by atoms with E-state index in [1.807, 2.05) is 20.8 Å². The van der Waals surface area contributed by atoms with E-state index < -0.39 is 14.1 Å². The van der Waals surface area contributed by atoms with E-state index in [4.69, 9.17) is 18.6 Å². The first-order chi connectivity index (χ1) is 10.4. The monoisotopic (exact) mass is 346 g/mol. The zero-order valence-electron chi connectivity index (χ0n) is 16.0. The highest BCUT2D eigenvalue weighted by Crippen LogP contribution is 2.38. The van der Waals surface area contributed by atoms with Crippen LogP contribution in [-0.2, 0) is 23.4 Å². The van der Waals surface area contributed by atoms with Gasteiger partial charge in [0, 0.05) is 6.42 Å². The highest BCUT2D eigenvalue weighted by molar-refractivity contribution is 6.74. The average molecular weight is 347 g/mol. The van der Waals surface area contributed by atoms with Gasteiger partial charge < -0.3 is 18.6 Å². The van der Waals surface area contributed by atoms with E-state index in [0.717, 1.165) is 0 Å². The predicted molar refractivity (Wildman–Crippen MR) is 92.8 cm³/mol. The molecule has 0 aliphatic carbocycles. The smallest absolute Gasteiger partial charge is 0.308 e. The molecule has 0 aromatic carbocycles. The minimum absolute atomic E-state index is 0.0470. The number of carbonyl (C=O) groups excluding carboxylic acids is 1. The molecule has 0 saturated carbocycles. The van der Waals surface area contributed by atoms with Crippen LogP contribution in [0, 0.1) is 0 Å². The Bertz CT molecular complexity index is 400. The first-order valence-electron chi connectivity index (χ1n) is 8.51. The molecule has 0 N–H and O–H groups in total. The molecule has 1 aliphatic heterocycles. The summed E-state index contributed by atoms with van der Waals surface area (Å²) in [5, 5.41) is 0.0895. The van der Waals surface area contributed by atoms with Crippen LogP contribution >= 0.6 is 0 Å². The number of hydrogen-bond acceptors (Lipinski definition) is 5. The minimum atomic E-state index is -1.97. The van der Waals surface area contributed by atoms with Crippen LogP contribution in [0.1, 0.15) is 54.4 Å². The molecule has 0 bridgehead atoms. The van der Waals surface area contributed by atoms with E-state index in [1.54, 1.807) is 0 Å². The summed E-state index contributed by atoms with van der Waals surface area (Å²) in [5.74, 6) is -0.773. The lowest BCUT2D eigenvalue weighted by Gasteiger charge is -2.39. The van der Waals surface area contributed by atoms with Crippen LogP contribution in [0.15, 0.2) is 0 Å². The molecule has 23 heavy (non-hydrogen) atoms. The van der Waals surface area contributed by atoms with Gasteiger partial charge in [-0.2, -0.15) is 0 Å². The molecule has 0 aromatic rings. The van der Waals surface area contributed by atoms with Gasteiger partial charge in [0.05, 0.1) is 31.8 Å². The van der Waals surface area contributed by atoms with Crippen LogP contribution in [0.25, 0.3) is 0 Å². The minimum Gasteiger partial charge on any atom is -0.466 e. The third kappa shape index (κ3) is 6.53. The largest absolute Gasteiger partial charge is 0.466 e. The van der Waals surface area contributed by atoms with E-state index in [-0.39, 0.29) is 29.6 Å². The van der Waals surface area contributed by atoms with E-state index >= 15 is 0 Å². The fraction of sp³-hybridized carbons (Fsp3) is 0.941. The first kappa shape index (κ1) is 20.6. The molecule has 2 atom stereocenters. The van der Waals surface area contributed by atoms with Gasteiger partial charge >= 0.3 is 5.97 Å². The van der Waals surface area contributed by atoms with Gasteiger partial charge in [0.2, 0.25) is 0 Å². The molecule has 1 unspecified atom stereocenters. The van der Waals surface area contributed by atoms with Crippen LogP contribution in [0.4, 0.5) is 0 Å². The summed E-state index contributed by atoms with van der Waals surface area (Å²) in [4.78, 5) is 11.9. The molecule has 1 aliphatic rings. The Morgan fingerprint density at radius 1 is 1.35 bits per heavy atom. The molecular formula is C17H34O5Si. The summed E-state index contributed by atoms with van der Waals surface area (Å²) in [7, 11) is -1.97. The standard InChI is InChI=1S/C17H34O5Si/c1-9-19-15(18)11-13(22-23(7,8)16(2,3)4)10-14-12-20-17(5,6)21-14/h13-14H,9-12H2,1-8H3/t13?,14-/m0/s1. The van der Waals surface area contributed by atoms with Crippen LogP contribution in [0.2, 0.25) is 18.1 Å². The lowest BCUT2D eigenvalue weighted by atomic mass is 10.1. The van der Waals surface area contributed by atoms with Crippen molar-refractivity contribution < 1.29 is 23.4 Å². The van der Waals surface area contributed by atoms with Gasteiger partial charge in [0.15, 0.2) is 14.1 Å². The average Bonchev–Trinajstić information content (AvgIpc) is 2.66.